The van der Waals surface area contributed by atoms with Gasteiger partial charge in [0, 0.05) is 5.92 Å². The average molecular weight is 917 g/mol. The molecule has 4 saturated carbocycles. The lowest BCUT2D eigenvalue weighted by atomic mass is 9.36. The lowest BCUT2D eigenvalue weighted by Gasteiger charge is -2.70. The summed E-state index contributed by atoms with van der Waals surface area (Å²) in [6, 6.07) is 0. The molecule has 12 N–H and O–H groups in total. The molecular weight excluding hydrogens is 836 g/mol. The Morgan fingerprint density at radius 3 is 1.98 bits per heavy atom. The van der Waals surface area contributed by atoms with E-state index in [0.29, 0.717) is 25.7 Å². The first kappa shape index (κ1) is 50.9. The van der Waals surface area contributed by atoms with Crippen LogP contribution in [0.1, 0.15) is 107 Å². The van der Waals surface area contributed by atoms with Crippen LogP contribution >= 0.6 is 0 Å². The van der Waals surface area contributed by atoms with Gasteiger partial charge >= 0.3 is 0 Å². The van der Waals surface area contributed by atoms with Crippen molar-refractivity contribution in [2.45, 2.75) is 204 Å². The van der Waals surface area contributed by atoms with Crippen LogP contribution in [0, 0.1) is 57.7 Å². The summed E-state index contributed by atoms with van der Waals surface area (Å²) in [6.07, 6.45) is -15.9. The number of hydrogen-bond donors (Lipinski definition) is 12. The monoisotopic (exact) mass is 917 g/mol. The molecule has 7 unspecified atom stereocenters. The molecule has 25 atom stereocenters. The van der Waals surface area contributed by atoms with Crippen LogP contribution < -0.4 is 0 Å². The highest BCUT2D eigenvalue weighted by molar-refractivity contribution is 5.19. The summed E-state index contributed by atoms with van der Waals surface area (Å²) in [7, 11) is 0. The minimum Gasteiger partial charge on any atom is -0.394 e. The van der Waals surface area contributed by atoms with Gasteiger partial charge in [0.2, 0.25) is 5.79 Å². The molecule has 0 aromatic rings. The first-order valence-corrected chi connectivity index (χ1v) is 23.8. The number of aliphatic hydroxyl groups excluding tert-OH is 11. The fourth-order valence-corrected chi connectivity index (χ4v) is 15.4. The highest BCUT2D eigenvalue weighted by Gasteiger charge is 2.73. The molecule has 7 aliphatic rings. The molecule has 0 radical (unpaired) electrons. The highest BCUT2D eigenvalue weighted by Crippen LogP contribution is 2.74. The van der Waals surface area contributed by atoms with Gasteiger partial charge in [-0.15, -0.1) is 0 Å². The van der Waals surface area contributed by atoms with E-state index in [2.05, 4.69) is 54.5 Å². The maximum Gasteiger partial charge on any atom is 0.204 e. The Kier molecular flexibility index (Phi) is 14.7. The Bertz CT molecular complexity index is 1640. The molecule has 7 fully saturated rings. The Labute approximate surface area is 377 Å². The minimum atomic E-state index is -2.29. The normalized spacial score (nSPS) is 53.7. The molecule has 0 spiro atoms. The molecule has 3 aliphatic heterocycles. The van der Waals surface area contributed by atoms with Gasteiger partial charge in [-0.25, -0.2) is 0 Å². The molecule has 3 saturated heterocycles. The van der Waals surface area contributed by atoms with Crippen molar-refractivity contribution in [1.29, 1.82) is 0 Å². The zero-order valence-corrected chi connectivity index (χ0v) is 38.9. The molecular formula is C47H80O17. The van der Waals surface area contributed by atoms with Crippen molar-refractivity contribution in [2.75, 3.05) is 19.8 Å². The van der Waals surface area contributed by atoms with Gasteiger partial charge in [0.05, 0.1) is 31.5 Å². The molecule has 64 heavy (non-hydrogen) atoms. The maximum absolute atomic E-state index is 12.4. The molecule has 0 amide bonds. The predicted molar refractivity (Wildman–Crippen MR) is 227 cm³/mol. The van der Waals surface area contributed by atoms with Crippen LogP contribution in [0.4, 0.5) is 0 Å². The third-order valence-corrected chi connectivity index (χ3v) is 18.2. The Morgan fingerprint density at radius 1 is 0.734 bits per heavy atom. The minimum absolute atomic E-state index is 0.0529. The Hall–Kier alpha value is -0.940. The summed E-state index contributed by atoms with van der Waals surface area (Å²) in [5.74, 6) is -3.05. The van der Waals surface area contributed by atoms with Gasteiger partial charge in [0.25, 0.3) is 0 Å². The summed E-state index contributed by atoms with van der Waals surface area (Å²) in [6.45, 7) is 14.9. The van der Waals surface area contributed by atoms with Gasteiger partial charge in [-0.3, -0.25) is 0 Å². The molecule has 0 bridgehead atoms. The fraction of sp³-hybridized carbons (Fsp3) is 0.957. The second-order valence-electron chi connectivity index (χ2n) is 22.6. The predicted octanol–water partition coefficient (Wildman–Crippen LogP) is 0.0617. The van der Waals surface area contributed by atoms with Crippen LogP contribution in [0.5, 0.6) is 0 Å². The van der Waals surface area contributed by atoms with E-state index in [4.69, 9.17) is 23.7 Å². The van der Waals surface area contributed by atoms with Crippen molar-refractivity contribution in [2.24, 2.45) is 57.7 Å². The number of allylic oxidation sites excluding steroid dienone is 2. The third-order valence-electron chi connectivity index (χ3n) is 18.2. The van der Waals surface area contributed by atoms with Gasteiger partial charge in [0.15, 0.2) is 12.6 Å². The zero-order valence-electron chi connectivity index (χ0n) is 38.9. The lowest BCUT2D eigenvalue weighted by molar-refractivity contribution is -0.461. The number of hydrogen-bond acceptors (Lipinski definition) is 17. The first-order valence-electron chi connectivity index (χ1n) is 23.8. The van der Waals surface area contributed by atoms with Crippen molar-refractivity contribution >= 4 is 0 Å². The smallest absolute Gasteiger partial charge is 0.204 e. The van der Waals surface area contributed by atoms with Crippen LogP contribution in [-0.4, -0.2) is 178 Å². The SMILES string of the molecule is CC(C)=CCC[C@](C)(O)[C@H]1CC[C@]2(C)C3CC(C)C4C(C)(C)C([C@@]5(O[C@@H]6OC[C@@H](O)[C@H](O)[C@H]6O)O[C@H](CO)[C@@H](O)[C@H](O)[C@H]5O[C@@H]5O[C@H](CO)[C@@H](O)[C@H](O)[C@H]5O)CC[C@]4(C)C3CC(O)C12. The Balaban J connectivity index is 1.28. The van der Waals surface area contributed by atoms with Crippen LogP contribution in [0.2, 0.25) is 0 Å². The van der Waals surface area contributed by atoms with Crippen molar-refractivity contribution in [3.8, 4) is 0 Å². The first-order chi connectivity index (χ1) is 29.8. The van der Waals surface area contributed by atoms with E-state index in [0.717, 1.165) is 25.7 Å². The van der Waals surface area contributed by atoms with E-state index in [1.165, 1.54) is 5.57 Å². The molecule has 3 heterocycles. The largest absolute Gasteiger partial charge is 0.394 e. The van der Waals surface area contributed by atoms with Crippen molar-refractivity contribution in [3.63, 3.8) is 0 Å². The summed E-state index contributed by atoms with van der Waals surface area (Å²) < 4.78 is 31.4. The van der Waals surface area contributed by atoms with Crippen LogP contribution in [0.3, 0.4) is 0 Å². The Morgan fingerprint density at radius 2 is 1.34 bits per heavy atom. The van der Waals surface area contributed by atoms with Gasteiger partial charge in [-0.2, -0.15) is 0 Å². The number of rotatable bonds is 11. The molecule has 7 rings (SSSR count). The summed E-state index contributed by atoms with van der Waals surface area (Å²) >= 11 is 0. The van der Waals surface area contributed by atoms with Gasteiger partial charge in [-0.1, -0.05) is 46.3 Å². The number of aliphatic hydroxyl groups is 12. The van der Waals surface area contributed by atoms with E-state index in [1.54, 1.807) is 0 Å². The van der Waals surface area contributed by atoms with Gasteiger partial charge in [-0.05, 0) is 124 Å². The lowest BCUT2D eigenvalue weighted by Crippen LogP contribution is -2.75. The van der Waals surface area contributed by atoms with Crippen LogP contribution in [0.15, 0.2) is 11.6 Å². The van der Waals surface area contributed by atoms with Crippen LogP contribution in [-0.2, 0) is 23.7 Å². The number of ether oxygens (including phenoxy) is 5. The summed E-state index contributed by atoms with van der Waals surface area (Å²) in [5, 5.41) is 134. The second-order valence-corrected chi connectivity index (χ2v) is 22.6. The fourth-order valence-electron chi connectivity index (χ4n) is 15.4. The zero-order chi connectivity index (χ0) is 47.2. The maximum atomic E-state index is 12.4. The summed E-state index contributed by atoms with van der Waals surface area (Å²) in [5.41, 5.74) is -1.24. The highest BCUT2D eigenvalue weighted by atomic mass is 16.8. The second kappa shape index (κ2) is 18.4. The number of fused-ring (bicyclic) bond motifs is 5. The average Bonchev–Trinajstić information content (AvgIpc) is 3.61. The van der Waals surface area contributed by atoms with E-state index in [1.807, 2.05) is 6.92 Å². The molecule has 370 valence electrons. The van der Waals surface area contributed by atoms with E-state index in [-0.39, 0.29) is 46.3 Å². The third kappa shape index (κ3) is 8.28. The van der Waals surface area contributed by atoms with E-state index >= 15 is 0 Å². The topological polar surface area (TPSA) is 289 Å². The standard InChI is InChI=1S/C47H80O17/c1-21(2)10-9-13-46(8,59)23-11-14-44(6)24-16-22(3)39-43(4,5)30(12-15-45(39,7)25(24)17-26(50)31(23)44)47(64-41-37(57)32(52)27(51)20-60-41)40(36(56)34(54)29(19-49)63-47)62-42-38(58)35(55)33(53)28(18-48)61-42/h10,22-42,48-59H,9,11-20H2,1-8H3/t22?,23-,24?,25?,26?,27+,28+,29+,30?,31?,32-,33+,34+,35-,36-,37+,38+,39?,40+,41-,42-,44+,45+,46-,47-/m0/s1. The van der Waals surface area contributed by atoms with Crippen molar-refractivity contribution < 1.29 is 85.0 Å². The van der Waals surface area contributed by atoms with Crippen molar-refractivity contribution in [1.82, 2.24) is 0 Å². The summed E-state index contributed by atoms with van der Waals surface area (Å²) in [4.78, 5) is 0. The molecule has 17 heteroatoms. The molecule has 0 aromatic carbocycles. The molecule has 17 nitrogen and oxygen atoms in total. The van der Waals surface area contributed by atoms with Gasteiger partial charge < -0.3 is 85.0 Å². The van der Waals surface area contributed by atoms with Gasteiger partial charge in [0.1, 0.15) is 67.1 Å². The van der Waals surface area contributed by atoms with E-state index < -0.39 is 128 Å². The van der Waals surface area contributed by atoms with Crippen molar-refractivity contribution in [3.05, 3.63) is 11.6 Å². The molecule has 4 aliphatic carbocycles. The van der Waals surface area contributed by atoms with Crippen LogP contribution in [0.25, 0.3) is 0 Å². The van der Waals surface area contributed by atoms with E-state index in [9.17, 15) is 61.3 Å². The quantitative estimate of drug-likeness (QED) is 0.122. The molecule has 0 aromatic heterocycles.